The Kier molecular flexibility index (Phi) is 5.93. The molecule has 0 aliphatic carbocycles. The largest absolute Gasteiger partial charge is 0.493 e. The third kappa shape index (κ3) is 4.61. The summed E-state index contributed by atoms with van der Waals surface area (Å²) in [5.74, 6) is 0.734. The number of hydrogen-bond acceptors (Lipinski definition) is 6. The maximum absolute atomic E-state index is 10.7. The highest BCUT2D eigenvalue weighted by Crippen LogP contribution is 2.31. The second-order valence-corrected chi connectivity index (χ2v) is 4.67. The number of hydrogen-bond donors (Lipinski definition) is 1. The summed E-state index contributed by atoms with van der Waals surface area (Å²) in [5, 5.41) is 19.7. The van der Waals surface area contributed by atoms with Crippen LogP contribution in [0.4, 0.5) is 5.69 Å². The summed E-state index contributed by atoms with van der Waals surface area (Å²) in [6.07, 6.45) is 1.63. The number of methoxy groups -OCH3 is 1. The van der Waals surface area contributed by atoms with E-state index in [0.29, 0.717) is 37.4 Å². The molecule has 7 heteroatoms. The molecule has 1 atom stereocenters. The average Bonchev–Trinajstić information content (AvgIpc) is 2.51. The summed E-state index contributed by atoms with van der Waals surface area (Å²) in [4.78, 5) is 10.3. The molecule has 0 aliphatic rings. The van der Waals surface area contributed by atoms with Gasteiger partial charge in [0.25, 0.3) is 5.69 Å². The Morgan fingerprint density at radius 3 is 2.71 bits per heavy atom. The lowest BCUT2D eigenvalue weighted by Crippen LogP contribution is -2.37. The number of ether oxygens (including phenoxy) is 2. The summed E-state index contributed by atoms with van der Waals surface area (Å²) < 4.78 is 10.6. The zero-order valence-electron chi connectivity index (χ0n) is 12.2. The zero-order valence-corrected chi connectivity index (χ0v) is 12.2. The van der Waals surface area contributed by atoms with Crippen LogP contribution in [0.1, 0.15) is 26.2 Å². The first kappa shape index (κ1) is 16.7. The van der Waals surface area contributed by atoms with Crippen molar-refractivity contribution in [3.05, 3.63) is 28.3 Å². The molecule has 2 N–H and O–H groups in total. The first-order chi connectivity index (χ1) is 9.95. The van der Waals surface area contributed by atoms with Crippen LogP contribution in [-0.2, 0) is 0 Å². The van der Waals surface area contributed by atoms with Crippen LogP contribution in [0.25, 0.3) is 0 Å². The van der Waals surface area contributed by atoms with Crippen LogP contribution < -0.4 is 15.2 Å². The van der Waals surface area contributed by atoms with E-state index in [-0.39, 0.29) is 5.69 Å². The van der Waals surface area contributed by atoms with Crippen molar-refractivity contribution in [2.45, 2.75) is 31.7 Å². The zero-order chi connectivity index (χ0) is 15.9. The van der Waals surface area contributed by atoms with Crippen LogP contribution >= 0.6 is 0 Å². The predicted octanol–water partition coefficient (Wildman–Crippen LogP) is 2.39. The van der Waals surface area contributed by atoms with E-state index in [1.54, 1.807) is 0 Å². The molecule has 1 aromatic rings. The first-order valence-corrected chi connectivity index (χ1v) is 6.61. The van der Waals surface area contributed by atoms with Gasteiger partial charge in [-0.15, -0.1) is 0 Å². The van der Waals surface area contributed by atoms with Gasteiger partial charge in [0.15, 0.2) is 11.5 Å². The second-order valence-electron chi connectivity index (χ2n) is 4.67. The lowest BCUT2D eigenvalue weighted by Gasteiger charge is -2.19. The lowest BCUT2D eigenvalue weighted by molar-refractivity contribution is -0.385. The summed E-state index contributed by atoms with van der Waals surface area (Å²) in [6.45, 7) is 2.16. The van der Waals surface area contributed by atoms with Crippen molar-refractivity contribution in [2.24, 2.45) is 5.73 Å². The highest BCUT2D eigenvalue weighted by atomic mass is 16.6. The highest BCUT2D eigenvalue weighted by Gasteiger charge is 2.21. The molecule has 1 aromatic carbocycles. The van der Waals surface area contributed by atoms with Crippen molar-refractivity contribution in [3.63, 3.8) is 0 Å². The van der Waals surface area contributed by atoms with E-state index in [2.05, 4.69) is 6.07 Å². The number of nitriles is 1. The fourth-order valence-corrected chi connectivity index (χ4v) is 1.77. The number of non-ortho nitro benzene ring substituents is 1. The van der Waals surface area contributed by atoms with E-state index in [4.69, 9.17) is 20.5 Å². The fourth-order valence-electron chi connectivity index (χ4n) is 1.77. The maximum atomic E-state index is 10.7. The molecule has 7 nitrogen and oxygen atoms in total. The smallest absolute Gasteiger partial charge is 0.273 e. The van der Waals surface area contributed by atoms with Crippen molar-refractivity contribution in [3.8, 4) is 17.6 Å². The lowest BCUT2D eigenvalue weighted by atomic mass is 9.94. The van der Waals surface area contributed by atoms with Gasteiger partial charge in [0.1, 0.15) is 5.54 Å². The summed E-state index contributed by atoms with van der Waals surface area (Å²) >= 11 is 0. The molecular formula is C14H19N3O4. The number of rotatable bonds is 8. The molecule has 21 heavy (non-hydrogen) atoms. The Labute approximate surface area is 123 Å². The summed E-state index contributed by atoms with van der Waals surface area (Å²) in [5.41, 5.74) is 4.95. The van der Waals surface area contributed by atoms with Gasteiger partial charge < -0.3 is 15.2 Å². The molecule has 0 fully saturated rings. The number of benzene rings is 1. The third-order valence-corrected chi connectivity index (χ3v) is 3.24. The quantitative estimate of drug-likeness (QED) is 0.447. The minimum Gasteiger partial charge on any atom is -0.493 e. The predicted molar refractivity (Wildman–Crippen MR) is 77.2 cm³/mol. The maximum Gasteiger partial charge on any atom is 0.273 e. The molecular weight excluding hydrogens is 274 g/mol. The van der Waals surface area contributed by atoms with Crippen molar-refractivity contribution in [1.29, 1.82) is 5.26 Å². The Balaban J connectivity index is 2.65. The van der Waals surface area contributed by atoms with E-state index >= 15 is 0 Å². The van der Waals surface area contributed by atoms with Crippen LogP contribution in [0.2, 0.25) is 0 Å². The van der Waals surface area contributed by atoms with E-state index in [1.165, 1.54) is 25.3 Å². The average molecular weight is 293 g/mol. The van der Waals surface area contributed by atoms with Gasteiger partial charge in [-0.05, 0) is 25.3 Å². The molecule has 0 spiro atoms. The van der Waals surface area contributed by atoms with Crippen LogP contribution in [-0.4, -0.2) is 24.2 Å². The van der Waals surface area contributed by atoms with E-state index < -0.39 is 10.5 Å². The number of nitro benzene ring substituents is 1. The topological polar surface area (TPSA) is 111 Å². The Hall–Kier alpha value is -2.33. The first-order valence-electron chi connectivity index (χ1n) is 6.61. The van der Waals surface area contributed by atoms with Gasteiger partial charge in [0, 0.05) is 6.07 Å². The van der Waals surface area contributed by atoms with E-state index in [9.17, 15) is 10.1 Å². The van der Waals surface area contributed by atoms with Gasteiger partial charge >= 0.3 is 0 Å². The van der Waals surface area contributed by atoms with Gasteiger partial charge in [-0.1, -0.05) is 6.92 Å². The number of nitrogens with zero attached hydrogens (tertiary/aromatic N) is 2. The molecule has 0 aliphatic heterocycles. The van der Waals surface area contributed by atoms with Crippen molar-refractivity contribution in [2.75, 3.05) is 13.7 Å². The fraction of sp³-hybridized carbons (Fsp3) is 0.500. The molecule has 1 rings (SSSR count). The Morgan fingerprint density at radius 1 is 1.48 bits per heavy atom. The van der Waals surface area contributed by atoms with Crippen LogP contribution in [0, 0.1) is 21.4 Å². The van der Waals surface area contributed by atoms with Gasteiger partial charge in [-0.3, -0.25) is 10.1 Å². The van der Waals surface area contributed by atoms with Crippen LogP contribution in [0.15, 0.2) is 18.2 Å². The van der Waals surface area contributed by atoms with E-state index in [0.717, 1.165) is 0 Å². The minimum atomic E-state index is -0.851. The molecule has 0 saturated carbocycles. The molecule has 0 amide bonds. The van der Waals surface area contributed by atoms with Gasteiger partial charge in [-0.2, -0.15) is 5.26 Å². The standard InChI is InChI=1S/C14H19N3O4/c1-3-14(16,10-15)7-4-8-21-13-9-11(17(18)19)5-6-12(13)20-2/h5-6,9H,3-4,7-8,16H2,1-2H3. The van der Waals surface area contributed by atoms with Crippen molar-refractivity contribution >= 4 is 5.69 Å². The SMILES string of the molecule is CCC(N)(C#N)CCCOc1cc([N+](=O)[O-])ccc1OC. The van der Waals surface area contributed by atoms with Crippen molar-refractivity contribution in [1.82, 2.24) is 0 Å². The summed E-state index contributed by atoms with van der Waals surface area (Å²) in [6, 6.07) is 6.24. The highest BCUT2D eigenvalue weighted by molar-refractivity contribution is 5.48. The van der Waals surface area contributed by atoms with Gasteiger partial charge in [0.05, 0.1) is 30.8 Å². The molecule has 1 unspecified atom stereocenters. The van der Waals surface area contributed by atoms with Crippen molar-refractivity contribution < 1.29 is 14.4 Å². The minimum absolute atomic E-state index is 0.0652. The number of nitrogens with two attached hydrogens (primary N) is 1. The Morgan fingerprint density at radius 2 is 2.19 bits per heavy atom. The molecule has 0 heterocycles. The number of nitro groups is 1. The van der Waals surface area contributed by atoms with Gasteiger partial charge in [-0.25, -0.2) is 0 Å². The Bertz CT molecular complexity index is 542. The molecule has 0 saturated heterocycles. The van der Waals surface area contributed by atoms with Crippen LogP contribution in [0.3, 0.4) is 0 Å². The molecule has 114 valence electrons. The second kappa shape index (κ2) is 7.45. The normalized spacial score (nSPS) is 13.0. The van der Waals surface area contributed by atoms with E-state index in [1.807, 2.05) is 6.92 Å². The monoisotopic (exact) mass is 293 g/mol. The molecule has 0 aromatic heterocycles. The van der Waals surface area contributed by atoms with Gasteiger partial charge in [0.2, 0.25) is 0 Å². The van der Waals surface area contributed by atoms with Crippen LogP contribution in [0.5, 0.6) is 11.5 Å². The third-order valence-electron chi connectivity index (χ3n) is 3.24. The summed E-state index contributed by atoms with van der Waals surface area (Å²) in [7, 11) is 1.46. The molecule has 0 radical (unpaired) electrons. The molecule has 0 bridgehead atoms.